The Morgan fingerprint density at radius 1 is 1.35 bits per heavy atom. The van der Waals surface area contributed by atoms with Crippen LogP contribution in [0.25, 0.3) is 0 Å². The monoisotopic (exact) mass is 316 g/mol. The summed E-state index contributed by atoms with van der Waals surface area (Å²) >= 11 is 0. The minimum atomic E-state index is -0.690. The first-order chi connectivity index (χ1) is 11.0. The van der Waals surface area contributed by atoms with Crippen LogP contribution in [0.4, 0.5) is 5.82 Å². The average molecular weight is 316 g/mol. The van der Waals surface area contributed by atoms with E-state index in [0.29, 0.717) is 18.0 Å². The fraction of sp³-hybridized carbons (Fsp3) is 0.312. The lowest BCUT2D eigenvalue weighted by Crippen LogP contribution is -2.45. The third kappa shape index (κ3) is 4.93. The molecule has 3 N–H and O–H groups in total. The Kier molecular flexibility index (Phi) is 5.48. The minimum Gasteiger partial charge on any atom is -0.360 e. The molecule has 0 aliphatic heterocycles. The molecule has 1 atom stereocenters. The zero-order valence-electron chi connectivity index (χ0n) is 13.2. The standard InChI is InChI=1S/C16H20N4O3/c1-11-8-14(19-23-11)18-15(21)10-20(2)16(22)13(17)9-12-6-4-3-5-7-12/h3-8,13H,9-10,17H2,1-2H3,(H,18,19,21)/t13-/m0/s1. The summed E-state index contributed by atoms with van der Waals surface area (Å²) in [5.41, 5.74) is 6.91. The van der Waals surface area contributed by atoms with Gasteiger partial charge in [0.25, 0.3) is 0 Å². The highest BCUT2D eigenvalue weighted by Crippen LogP contribution is 2.07. The summed E-state index contributed by atoms with van der Waals surface area (Å²) in [6, 6.07) is 10.4. The summed E-state index contributed by atoms with van der Waals surface area (Å²) < 4.78 is 4.86. The summed E-state index contributed by atoms with van der Waals surface area (Å²) in [5.74, 6) is 0.262. The number of benzene rings is 1. The van der Waals surface area contributed by atoms with Crippen molar-refractivity contribution in [1.82, 2.24) is 10.1 Å². The average Bonchev–Trinajstić information content (AvgIpc) is 2.92. The Morgan fingerprint density at radius 3 is 2.65 bits per heavy atom. The molecule has 0 spiro atoms. The molecule has 122 valence electrons. The molecule has 0 bridgehead atoms. The molecule has 1 heterocycles. The molecular formula is C16H20N4O3. The largest absolute Gasteiger partial charge is 0.360 e. The highest BCUT2D eigenvalue weighted by Gasteiger charge is 2.20. The highest BCUT2D eigenvalue weighted by molar-refractivity contribution is 5.94. The Morgan fingerprint density at radius 2 is 2.04 bits per heavy atom. The highest BCUT2D eigenvalue weighted by atomic mass is 16.5. The van der Waals surface area contributed by atoms with E-state index in [9.17, 15) is 9.59 Å². The van der Waals surface area contributed by atoms with Gasteiger partial charge in [-0.05, 0) is 18.9 Å². The number of hydrogen-bond acceptors (Lipinski definition) is 5. The zero-order chi connectivity index (χ0) is 16.8. The molecular weight excluding hydrogens is 296 g/mol. The summed E-state index contributed by atoms with van der Waals surface area (Å²) in [4.78, 5) is 25.4. The quantitative estimate of drug-likeness (QED) is 0.826. The maximum atomic E-state index is 12.2. The van der Waals surface area contributed by atoms with Gasteiger partial charge in [-0.15, -0.1) is 0 Å². The molecule has 2 rings (SSSR count). The second-order valence-corrected chi connectivity index (χ2v) is 5.36. The van der Waals surface area contributed by atoms with Gasteiger partial charge in [0.15, 0.2) is 5.82 Å². The molecule has 2 aromatic rings. The molecule has 2 amide bonds. The van der Waals surface area contributed by atoms with Crippen LogP contribution in [0, 0.1) is 6.92 Å². The molecule has 7 nitrogen and oxygen atoms in total. The first kappa shape index (κ1) is 16.7. The Bertz CT molecular complexity index is 669. The van der Waals surface area contributed by atoms with Crippen LogP contribution in [0.15, 0.2) is 40.9 Å². The van der Waals surface area contributed by atoms with Crippen molar-refractivity contribution in [2.24, 2.45) is 5.73 Å². The number of aromatic nitrogens is 1. The smallest absolute Gasteiger partial charge is 0.245 e. The lowest BCUT2D eigenvalue weighted by atomic mass is 10.1. The van der Waals surface area contributed by atoms with E-state index in [1.807, 2.05) is 30.3 Å². The van der Waals surface area contributed by atoms with Crippen molar-refractivity contribution in [3.63, 3.8) is 0 Å². The van der Waals surface area contributed by atoms with Gasteiger partial charge in [0, 0.05) is 13.1 Å². The van der Waals surface area contributed by atoms with Crippen molar-refractivity contribution >= 4 is 17.6 Å². The predicted octanol–water partition coefficient (Wildman–Crippen LogP) is 0.950. The third-order valence-electron chi connectivity index (χ3n) is 3.27. The van der Waals surface area contributed by atoms with Crippen molar-refractivity contribution < 1.29 is 14.1 Å². The maximum absolute atomic E-state index is 12.2. The van der Waals surface area contributed by atoms with Crippen molar-refractivity contribution in [3.8, 4) is 0 Å². The number of rotatable bonds is 6. The number of carbonyl (C=O) groups is 2. The molecule has 23 heavy (non-hydrogen) atoms. The second-order valence-electron chi connectivity index (χ2n) is 5.36. The molecule has 0 aliphatic carbocycles. The fourth-order valence-corrected chi connectivity index (χ4v) is 2.14. The summed E-state index contributed by atoms with van der Waals surface area (Å²) in [5, 5.41) is 6.22. The van der Waals surface area contributed by atoms with E-state index < -0.39 is 6.04 Å². The first-order valence-electron chi connectivity index (χ1n) is 7.23. The van der Waals surface area contributed by atoms with Crippen LogP contribution >= 0.6 is 0 Å². The van der Waals surface area contributed by atoms with Crippen LogP contribution in [0.1, 0.15) is 11.3 Å². The van der Waals surface area contributed by atoms with Gasteiger partial charge in [-0.3, -0.25) is 9.59 Å². The van der Waals surface area contributed by atoms with Crippen LogP contribution in [-0.4, -0.2) is 41.5 Å². The Balaban J connectivity index is 1.85. The number of nitrogens with zero attached hydrogens (tertiary/aromatic N) is 2. The van der Waals surface area contributed by atoms with E-state index in [1.165, 1.54) is 4.90 Å². The van der Waals surface area contributed by atoms with Gasteiger partial charge in [0.2, 0.25) is 11.8 Å². The lowest BCUT2D eigenvalue weighted by Gasteiger charge is -2.20. The molecule has 0 unspecified atom stereocenters. The lowest BCUT2D eigenvalue weighted by molar-refractivity contribution is -0.134. The number of carbonyl (C=O) groups excluding carboxylic acids is 2. The number of likely N-dealkylation sites (N-methyl/N-ethyl adjacent to an activating group) is 1. The molecule has 1 aromatic carbocycles. The maximum Gasteiger partial charge on any atom is 0.245 e. The fourth-order valence-electron chi connectivity index (χ4n) is 2.14. The molecule has 1 aromatic heterocycles. The van der Waals surface area contributed by atoms with Gasteiger partial charge in [0.05, 0.1) is 12.6 Å². The number of anilines is 1. The van der Waals surface area contributed by atoms with E-state index in [4.69, 9.17) is 10.3 Å². The van der Waals surface area contributed by atoms with Gasteiger partial charge < -0.3 is 20.5 Å². The van der Waals surface area contributed by atoms with Crippen LogP contribution in [0.5, 0.6) is 0 Å². The molecule has 0 saturated heterocycles. The zero-order valence-corrected chi connectivity index (χ0v) is 13.2. The van der Waals surface area contributed by atoms with Gasteiger partial charge in [-0.1, -0.05) is 35.5 Å². The van der Waals surface area contributed by atoms with Crippen LogP contribution in [-0.2, 0) is 16.0 Å². The topological polar surface area (TPSA) is 101 Å². The summed E-state index contributed by atoms with van der Waals surface area (Å²) in [7, 11) is 1.54. The summed E-state index contributed by atoms with van der Waals surface area (Å²) in [6.07, 6.45) is 0.425. The Hall–Kier alpha value is -2.67. The predicted molar refractivity (Wildman–Crippen MR) is 85.6 cm³/mol. The number of nitrogens with two attached hydrogens (primary N) is 1. The van der Waals surface area contributed by atoms with E-state index in [0.717, 1.165) is 5.56 Å². The van der Waals surface area contributed by atoms with Gasteiger partial charge in [-0.2, -0.15) is 0 Å². The van der Waals surface area contributed by atoms with E-state index in [1.54, 1.807) is 20.0 Å². The molecule has 7 heteroatoms. The van der Waals surface area contributed by atoms with Crippen LogP contribution in [0.3, 0.4) is 0 Å². The minimum absolute atomic E-state index is 0.104. The number of aryl methyl sites for hydroxylation is 1. The molecule has 0 saturated carbocycles. The first-order valence-corrected chi connectivity index (χ1v) is 7.23. The van der Waals surface area contributed by atoms with Crippen molar-refractivity contribution in [2.45, 2.75) is 19.4 Å². The third-order valence-corrected chi connectivity index (χ3v) is 3.27. The number of hydrogen-bond donors (Lipinski definition) is 2. The van der Waals surface area contributed by atoms with Gasteiger partial charge >= 0.3 is 0 Å². The molecule has 0 fully saturated rings. The van der Waals surface area contributed by atoms with Crippen LogP contribution in [0.2, 0.25) is 0 Å². The normalized spacial score (nSPS) is 11.8. The number of amides is 2. The molecule has 0 aliphatic rings. The van der Waals surface area contributed by atoms with E-state index in [2.05, 4.69) is 10.5 Å². The van der Waals surface area contributed by atoms with E-state index >= 15 is 0 Å². The van der Waals surface area contributed by atoms with Crippen molar-refractivity contribution in [2.75, 3.05) is 18.9 Å². The Labute approximate surface area is 134 Å². The van der Waals surface area contributed by atoms with E-state index in [-0.39, 0.29) is 18.4 Å². The van der Waals surface area contributed by atoms with Gasteiger partial charge in [0.1, 0.15) is 5.76 Å². The number of nitrogens with one attached hydrogen (secondary N) is 1. The second kappa shape index (κ2) is 7.55. The summed E-state index contributed by atoms with van der Waals surface area (Å²) in [6.45, 7) is 1.62. The SMILES string of the molecule is Cc1cc(NC(=O)CN(C)C(=O)[C@@H](N)Cc2ccccc2)no1. The van der Waals surface area contributed by atoms with Crippen molar-refractivity contribution in [1.29, 1.82) is 0 Å². The molecule has 0 radical (unpaired) electrons. The van der Waals surface area contributed by atoms with Crippen molar-refractivity contribution in [3.05, 3.63) is 47.7 Å². The van der Waals surface area contributed by atoms with Gasteiger partial charge in [-0.25, -0.2) is 0 Å². The van der Waals surface area contributed by atoms with Crippen LogP contribution < -0.4 is 11.1 Å².